The van der Waals surface area contributed by atoms with Crippen LogP contribution in [0.15, 0.2) is 72.3 Å². The van der Waals surface area contributed by atoms with Crippen molar-refractivity contribution in [3.8, 4) is 5.75 Å². The minimum atomic E-state index is -2.85. The van der Waals surface area contributed by atoms with Gasteiger partial charge in [-0.05, 0) is 86.2 Å². The Bertz CT molecular complexity index is 1150. The van der Waals surface area contributed by atoms with Gasteiger partial charge in [0.15, 0.2) is 6.23 Å². The van der Waals surface area contributed by atoms with Crippen molar-refractivity contribution in [3.63, 3.8) is 0 Å². The smallest absolute Gasteiger partial charge is 0.387 e. The number of halogens is 2. The third-order valence-electron chi connectivity index (χ3n) is 5.64. The highest BCUT2D eigenvalue weighted by Gasteiger charge is 2.18. The second-order valence-electron chi connectivity index (χ2n) is 8.20. The summed E-state index contributed by atoms with van der Waals surface area (Å²) < 4.78 is 36.6. The van der Waals surface area contributed by atoms with E-state index in [9.17, 15) is 8.78 Å². The fraction of sp³-hybridized carbons (Fsp3) is 0.320. The monoisotopic (exact) mass is 469 g/mol. The van der Waals surface area contributed by atoms with Gasteiger partial charge in [-0.25, -0.2) is 4.68 Å². The quantitative estimate of drug-likeness (QED) is 0.380. The molecule has 1 saturated heterocycles. The molecule has 1 unspecified atom stereocenters. The van der Waals surface area contributed by atoms with Crippen molar-refractivity contribution in [2.45, 2.75) is 44.9 Å². The summed E-state index contributed by atoms with van der Waals surface area (Å²) in [6.45, 7) is -2.07. The van der Waals surface area contributed by atoms with Crippen LogP contribution in [0.2, 0.25) is 0 Å². The van der Waals surface area contributed by atoms with Gasteiger partial charge in [-0.3, -0.25) is 0 Å². The van der Waals surface area contributed by atoms with Gasteiger partial charge < -0.3 is 26.3 Å². The molecule has 0 bridgehead atoms. The minimum Gasteiger partial charge on any atom is -0.435 e. The van der Waals surface area contributed by atoms with Gasteiger partial charge in [0.05, 0.1) is 11.7 Å². The van der Waals surface area contributed by atoms with Crippen molar-refractivity contribution in [2.75, 3.05) is 11.9 Å². The lowest BCUT2D eigenvalue weighted by Crippen LogP contribution is -2.18. The van der Waals surface area contributed by atoms with E-state index in [2.05, 4.69) is 33.4 Å². The molecular weight excluding hydrogens is 440 g/mol. The van der Waals surface area contributed by atoms with Gasteiger partial charge in [0.25, 0.3) is 0 Å². The highest BCUT2D eigenvalue weighted by atomic mass is 19.3. The zero-order valence-corrected chi connectivity index (χ0v) is 18.8. The molecule has 180 valence electrons. The summed E-state index contributed by atoms with van der Waals surface area (Å²) in [5.41, 5.74) is 15.7. The average Bonchev–Trinajstić information content (AvgIpc) is 3.26. The van der Waals surface area contributed by atoms with Crippen LogP contribution in [-0.2, 0) is 11.2 Å². The molecule has 0 radical (unpaired) electrons. The van der Waals surface area contributed by atoms with Crippen LogP contribution >= 0.6 is 0 Å². The van der Waals surface area contributed by atoms with Gasteiger partial charge in [0, 0.05) is 23.4 Å². The van der Waals surface area contributed by atoms with Crippen LogP contribution in [0.5, 0.6) is 5.75 Å². The molecule has 1 aromatic heterocycles. The number of aromatic nitrogens is 2. The largest absolute Gasteiger partial charge is 0.435 e. The molecule has 3 aromatic rings. The Labute approximate surface area is 197 Å². The van der Waals surface area contributed by atoms with Crippen molar-refractivity contribution in [1.82, 2.24) is 9.78 Å². The van der Waals surface area contributed by atoms with E-state index in [1.54, 1.807) is 24.3 Å². The van der Waals surface area contributed by atoms with E-state index in [0.717, 1.165) is 43.2 Å². The van der Waals surface area contributed by atoms with Crippen LogP contribution in [0, 0.1) is 0 Å². The number of allylic oxidation sites excluding steroid dienone is 3. The first-order chi connectivity index (χ1) is 16.5. The van der Waals surface area contributed by atoms with Crippen LogP contribution in [0.4, 0.5) is 14.5 Å². The Morgan fingerprint density at radius 2 is 2.00 bits per heavy atom. The molecule has 1 atom stereocenters. The standard InChI is InChI=1S/C25H29F2N5O2/c26-25(27)34-21-10-8-20(9-11-21)31-23(29)13-7-19(28)6-4-17-5-12-22-18(15-17)16-30-32(22)24-3-1-2-14-33-24/h5,7-13,15-16,24-25,31H,1-4,6,14,28-29H2/b19-7-,23-13+. The SMILES string of the molecule is N/C(=C\C=C(/N)Nc1ccc(OC(F)F)cc1)CCc1ccc2c(cnn2C2CCCCO2)c1. The summed E-state index contributed by atoms with van der Waals surface area (Å²) in [5.74, 6) is 0.462. The van der Waals surface area contributed by atoms with E-state index < -0.39 is 6.61 Å². The summed E-state index contributed by atoms with van der Waals surface area (Å²) in [4.78, 5) is 0. The topological polar surface area (TPSA) is 100 Å². The van der Waals surface area contributed by atoms with Crippen LogP contribution in [-0.4, -0.2) is 23.0 Å². The number of aryl methyl sites for hydroxylation is 1. The first-order valence-electron chi connectivity index (χ1n) is 11.3. The van der Waals surface area contributed by atoms with E-state index in [0.29, 0.717) is 23.6 Å². The molecule has 1 fully saturated rings. The number of alkyl halides is 2. The molecule has 2 aromatic carbocycles. The molecule has 1 aliphatic heterocycles. The second-order valence-corrected chi connectivity index (χ2v) is 8.20. The molecule has 7 nitrogen and oxygen atoms in total. The number of nitrogens with two attached hydrogens (primary N) is 2. The van der Waals surface area contributed by atoms with Crippen molar-refractivity contribution >= 4 is 16.6 Å². The lowest BCUT2D eigenvalue weighted by atomic mass is 10.1. The molecule has 0 saturated carbocycles. The number of rotatable bonds is 9. The number of nitrogens with one attached hydrogen (secondary N) is 1. The molecule has 0 spiro atoms. The maximum Gasteiger partial charge on any atom is 0.387 e. The van der Waals surface area contributed by atoms with Gasteiger partial charge in [-0.2, -0.15) is 13.9 Å². The lowest BCUT2D eigenvalue weighted by Gasteiger charge is -2.23. The zero-order valence-electron chi connectivity index (χ0n) is 18.8. The number of nitrogens with zero attached hydrogens (tertiary/aromatic N) is 2. The molecule has 2 heterocycles. The molecule has 5 N–H and O–H groups in total. The predicted molar refractivity (Wildman–Crippen MR) is 128 cm³/mol. The molecule has 1 aliphatic rings. The lowest BCUT2D eigenvalue weighted by molar-refractivity contribution is -0.0498. The Kier molecular flexibility index (Phi) is 7.64. The summed E-state index contributed by atoms with van der Waals surface area (Å²) >= 11 is 0. The molecular formula is C25H29F2N5O2. The van der Waals surface area contributed by atoms with E-state index in [1.165, 1.54) is 17.7 Å². The van der Waals surface area contributed by atoms with Crippen LogP contribution in [0.3, 0.4) is 0 Å². The minimum absolute atomic E-state index is 0.0189. The van der Waals surface area contributed by atoms with E-state index >= 15 is 0 Å². The van der Waals surface area contributed by atoms with Gasteiger partial charge >= 0.3 is 6.61 Å². The predicted octanol–water partition coefficient (Wildman–Crippen LogP) is 5.02. The Balaban J connectivity index is 1.31. The molecule has 4 rings (SSSR count). The van der Waals surface area contributed by atoms with Gasteiger partial charge in [0.1, 0.15) is 11.6 Å². The maximum atomic E-state index is 12.2. The number of anilines is 1. The van der Waals surface area contributed by atoms with Crippen molar-refractivity contribution in [3.05, 3.63) is 77.9 Å². The number of benzene rings is 2. The summed E-state index contributed by atoms with van der Waals surface area (Å²) in [6, 6.07) is 12.4. The molecule has 0 amide bonds. The van der Waals surface area contributed by atoms with Crippen molar-refractivity contribution in [2.24, 2.45) is 11.5 Å². The van der Waals surface area contributed by atoms with Crippen molar-refractivity contribution < 1.29 is 18.3 Å². The fourth-order valence-corrected chi connectivity index (χ4v) is 3.90. The first-order valence-corrected chi connectivity index (χ1v) is 11.3. The normalized spacial score (nSPS) is 17.3. The summed E-state index contributed by atoms with van der Waals surface area (Å²) in [5, 5.41) is 8.61. The molecule has 0 aliphatic carbocycles. The number of ether oxygens (including phenoxy) is 2. The summed E-state index contributed by atoms with van der Waals surface area (Å²) in [6.07, 6.45) is 10.1. The van der Waals surface area contributed by atoms with Crippen LogP contribution in [0.25, 0.3) is 10.9 Å². The van der Waals surface area contributed by atoms with E-state index in [4.69, 9.17) is 16.2 Å². The van der Waals surface area contributed by atoms with Gasteiger partial charge in [0.2, 0.25) is 0 Å². The Morgan fingerprint density at radius 3 is 2.74 bits per heavy atom. The Morgan fingerprint density at radius 1 is 1.18 bits per heavy atom. The third-order valence-corrected chi connectivity index (χ3v) is 5.64. The van der Waals surface area contributed by atoms with Crippen molar-refractivity contribution in [1.29, 1.82) is 0 Å². The number of hydrogen-bond donors (Lipinski definition) is 3. The van der Waals surface area contributed by atoms with E-state index in [-0.39, 0.29) is 12.0 Å². The van der Waals surface area contributed by atoms with Crippen LogP contribution in [0.1, 0.15) is 37.5 Å². The summed E-state index contributed by atoms with van der Waals surface area (Å²) in [7, 11) is 0. The number of hydrogen-bond acceptors (Lipinski definition) is 6. The fourth-order valence-electron chi connectivity index (χ4n) is 3.90. The highest BCUT2D eigenvalue weighted by Crippen LogP contribution is 2.27. The second kappa shape index (κ2) is 11.0. The Hall–Kier alpha value is -3.59. The highest BCUT2D eigenvalue weighted by molar-refractivity contribution is 5.79. The third kappa shape index (κ3) is 6.26. The average molecular weight is 470 g/mol. The maximum absolute atomic E-state index is 12.2. The zero-order chi connectivity index (χ0) is 23.9. The van der Waals surface area contributed by atoms with Gasteiger partial charge in [-0.15, -0.1) is 0 Å². The van der Waals surface area contributed by atoms with E-state index in [1.807, 2.05) is 10.9 Å². The van der Waals surface area contributed by atoms with Gasteiger partial charge in [-0.1, -0.05) is 6.07 Å². The number of fused-ring (bicyclic) bond motifs is 1. The van der Waals surface area contributed by atoms with Crippen LogP contribution < -0.4 is 21.5 Å². The first kappa shape index (κ1) is 23.6. The molecule has 9 heteroatoms. The molecule has 34 heavy (non-hydrogen) atoms.